The van der Waals surface area contributed by atoms with Gasteiger partial charge in [-0.2, -0.15) is 5.10 Å². The Morgan fingerprint density at radius 2 is 1.95 bits per heavy atom. The summed E-state index contributed by atoms with van der Waals surface area (Å²) in [6, 6.07) is 7.30. The highest BCUT2D eigenvalue weighted by molar-refractivity contribution is 6.30. The average Bonchev–Trinajstić information content (AvgIpc) is 3.69. The van der Waals surface area contributed by atoms with Gasteiger partial charge in [0.1, 0.15) is 12.4 Å². The lowest BCUT2D eigenvalue weighted by Gasteiger charge is -2.22. The molecule has 0 unspecified atom stereocenters. The Kier molecular flexibility index (Phi) is 8.46. The summed E-state index contributed by atoms with van der Waals surface area (Å²) in [4.78, 5) is 51.4. The van der Waals surface area contributed by atoms with E-state index in [9.17, 15) is 23.6 Å². The van der Waals surface area contributed by atoms with Crippen LogP contribution in [0.2, 0.25) is 5.02 Å². The van der Waals surface area contributed by atoms with E-state index in [1.807, 2.05) is 0 Å². The van der Waals surface area contributed by atoms with Gasteiger partial charge in [-0.05, 0) is 48.7 Å². The molecule has 0 atom stereocenters. The number of nitrogens with zero attached hydrogens (tertiary/aromatic N) is 3. The summed E-state index contributed by atoms with van der Waals surface area (Å²) in [5.41, 5.74) is 6.79. The number of carbonyl (C=O) groups excluding carboxylic acids is 4. The second-order valence-corrected chi connectivity index (χ2v) is 9.51. The zero-order valence-corrected chi connectivity index (χ0v) is 22.1. The summed E-state index contributed by atoms with van der Waals surface area (Å²) >= 11 is 5.96. The maximum absolute atomic E-state index is 14.5. The molecular formula is C26H27ClFN5O6. The number of halogens is 2. The van der Waals surface area contributed by atoms with Crippen molar-refractivity contribution in [1.29, 1.82) is 0 Å². The molecule has 1 aromatic heterocycles. The summed E-state index contributed by atoms with van der Waals surface area (Å²) < 4.78 is 25.6. The summed E-state index contributed by atoms with van der Waals surface area (Å²) in [7, 11) is 2.74. The Bertz CT molecular complexity index is 1450. The average molecular weight is 560 g/mol. The highest BCUT2D eigenvalue weighted by Crippen LogP contribution is 2.28. The molecule has 206 valence electrons. The quantitative estimate of drug-likeness (QED) is 0.342. The fourth-order valence-electron chi connectivity index (χ4n) is 4.24. The van der Waals surface area contributed by atoms with Crippen LogP contribution < -0.4 is 11.1 Å². The van der Waals surface area contributed by atoms with Crippen LogP contribution in [0.4, 0.5) is 4.39 Å². The van der Waals surface area contributed by atoms with Crippen molar-refractivity contribution in [3.63, 3.8) is 0 Å². The monoisotopic (exact) mass is 559 g/mol. The van der Waals surface area contributed by atoms with Crippen LogP contribution in [0.1, 0.15) is 44.8 Å². The van der Waals surface area contributed by atoms with E-state index in [0.29, 0.717) is 16.5 Å². The van der Waals surface area contributed by atoms with Gasteiger partial charge in [-0.3, -0.25) is 19.1 Å². The maximum atomic E-state index is 14.5. The molecule has 39 heavy (non-hydrogen) atoms. The number of benzene rings is 2. The van der Waals surface area contributed by atoms with Gasteiger partial charge in [0.05, 0.1) is 36.4 Å². The Balaban J connectivity index is 1.50. The number of rotatable bonds is 11. The molecule has 11 nitrogen and oxygen atoms in total. The standard InChI is InChI=1S/C26H27ClFN5O6/c1-38-13-14-7-16(23(28)19(27)8-14)10-30-21(34)11-32(17-4-5-17)22(35)12-33-20-9-15(26(37)39-2)3-6-18(20)24(31-33)25(29)36/h3,6-9,17H,4-5,10-13H2,1-2H3,(H2,29,36)(H,30,34). The van der Waals surface area contributed by atoms with Gasteiger partial charge in [0.15, 0.2) is 5.69 Å². The van der Waals surface area contributed by atoms with E-state index in [1.165, 1.54) is 48.1 Å². The fraction of sp³-hybridized carbons (Fsp3) is 0.346. The first-order valence-electron chi connectivity index (χ1n) is 12.0. The number of hydrogen-bond donors (Lipinski definition) is 2. The molecule has 1 saturated carbocycles. The summed E-state index contributed by atoms with van der Waals surface area (Å²) in [6.45, 7) is -0.463. The third-order valence-corrected chi connectivity index (χ3v) is 6.54. The van der Waals surface area contributed by atoms with Crippen LogP contribution in [-0.4, -0.2) is 65.2 Å². The topological polar surface area (TPSA) is 146 Å². The van der Waals surface area contributed by atoms with E-state index in [0.717, 1.165) is 12.8 Å². The lowest BCUT2D eigenvalue weighted by atomic mass is 10.1. The Morgan fingerprint density at radius 1 is 1.21 bits per heavy atom. The highest BCUT2D eigenvalue weighted by Gasteiger charge is 2.34. The van der Waals surface area contributed by atoms with Crippen LogP contribution in [0.5, 0.6) is 0 Å². The molecule has 0 saturated heterocycles. The van der Waals surface area contributed by atoms with Crippen molar-refractivity contribution in [1.82, 2.24) is 20.0 Å². The van der Waals surface area contributed by atoms with Crippen molar-refractivity contribution >= 4 is 46.2 Å². The number of aromatic nitrogens is 2. The zero-order valence-electron chi connectivity index (χ0n) is 21.3. The molecule has 2 aromatic carbocycles. The molecular weight excluding hydrogens is 533 g/mol. The second-order valence-electron chi connectivity index (χ2n) is 9.11. The van der Waals surface area contributed by atoms with Gasteiger partial charge in [-0.25, -0.2) is 9.18 Å². The molecule has 1 heterocycles. The molecule has 1 aliphatic rings. The molecule has 0 radical (unpaired) electrons. The Hall–Kier alpha value is -4.03. The van der Waals surface area contributed by atoms with Crippen LogP contribution in [0.25, 0.3) is 10.9 Å². The SMILES string of the molecule is COCc1cc(Cl)c(F)c(CNC(=O)CN(C(=O)Cn2nc(C(N)=O)c3ccc(C(=O)OC)cc32)C2CC2)c1. The van der Waals surface area contributed by atoms with Crippen molar-refractivity contribution in [3.8, 4) is 0 Å². The molecule has 1 aliphatic carbocycles. The minimum Gasteiger partial charge on any atom is -0.465 e. The van der Waals surface area contributed by atoms with Gasteiger partial charge >= 0.3 is 5.97 Å². The van der Waals surface area contributed by atoms with Crippen molar-refractivity contribution in [2.75, 3.05) is 20.8 Å². The highest BCUT2D eigenvalue weighted by atomic mass is 35.5. The second kappa shape index (κ2) is 11.8. The fourth-order valence-corrected chi connectivity index (χ4v) is 4.50. The maximum Gasteiger partial charge on any atom is 0.337 e. The van der Waals surface area contributed by atoms with Gasteiger partial charge in [-0.1, -0.05) is 11.6 Å². The third kappa shape index (κ3) is 6.35. The van der Waals surface area contributed by atoms with Crippen LogP contribution >= 0.6 is 11.6 Å². The van der Waals surface area contributed by atoms with Gasteiger partial charge in [0.2, 0.25) is 11.8 Å². The number of amides is 3. The van der Waals surface area contributed by atoms with Gasteiger partial charge < -0.3 is 25.4 Å². The van der Waals surface area contributed by atoms with E-state index >= 15 is 0 Å². The first-order valence-corrected chi connectivity index (χ1v) is 12.4. The number of primary amides is 1. The van der Waals surface area contributed by atoms with Crippen LogP contribution in [0, 0.1) is 5.82 Å². The predicted octanol–water partition coefficient (Wildman–Crippen LogP) is 2.17. The van der Waals surface area contributed by atoms with Gasteiger partial charge in [0.25, 0.3) is 5.91 Å². The lowest BCUT2D eigenvalue weighted by Crippen LogP contribution is -2.43. The molecule has 0 spiro atoms. The molecule has 1 fully saturated rings. The normalized spacial score (nSPS) is 12.8. The predicted molar refractivity (Wildman–Crippen MR) is 138 cm³/mol. The minimum absolute atomic E-state index is 0.0543. The first kappa shape index (κ1) is 28.0. The third-order valence-electron chi connectivity index (χ3n) is 6.26. The Morgan fingerprint density at radius 3 is 2.59 bits per heavy atom. The van der Waals surface area contributed by atoms with Crippen molar-refractivity contribution < 1.29 is 33.0 Å². The van der Waals surface area contributed by atoms with Crippen molar-refractivity contribution in [2.45, 2.75) is 38.6 Å². The van der Waals surface area contributed by atoms with Crippen molar-refractivity contribution in [2.24, 2.45) is 5.73 Å². The molecule has 13 heteroatoms. The van der Waals surface area contributed by atoms with Gasteiger partial charge in [0, 0.05) is 30.6 Å². The Labute approximate surface area is 228 Å². The van der Waals surface area contributed by atoms with Gasteiger partial charge in [-0.15, -0.1) is 0 Å². The molecule has 3 N–H and O–H groups in total. The molecule has 0 aliphatic heterocycles. The summed E-state index contributed by atoms with van der Waals surface area (Å²) in [6.07, 6.45) is 1.45. The number of nitrogens with two attached hydrogens (primary N) is 1. The van der Waals surface area contributed by atoms with E-state index < -0.39 is 29.5 Å². The number of nitrogens with one attached hydrogen (secondary N) is 1. The van der Waals surface area contributed by atoms with Crippen molar-refractivity contribution in [3.05, 3.63) is 63.6 Å². The number of fused-ring (bicyclic) bond motifs is 1. The number of methoxy groups -OCH3 is 2. The van der Waals surface area contributed by atoms with Crippen LogP contribution in [-0.2, 0) is 38.8 Å². The minimum atomic E-state index is -0.794. The molecule has 3 amide bonds. The van der Waals surface area contributed by atoms with E-state index in [1.54, 1.807) is 6.07 Å². The molecule has 0 bridgehead atoms. The molecule has 3 aromatic rings. The summed E-state index contributed by atoms with van der Waals surface area (Å²) in [5, 5.41) is 7.11. The van der Waals surface area contributed by atoms with E-state index in [2.05, 4.69) is 10.4 Å². The largest absolute Gasteiger partial charge is 0.465 e. The molecule has 4 rings (SSSR count). The number of hydrogen-bond acceptors (Lipinski definition) is 7. The first-order chi connectivity index (χ1) is 18.6. The number of carbonyl (C=O) groups is 4. The van der Waals surface area contributed by atoms with Crippen LogP contribution in [0.3, 0.4) is 0 Å². The van der Waals surface area contributed by atoms with E-state index in [4.69, 9.17) is 26.8 Å². The number of ether oxygens (including phenoxy) is 2. The summed E-state index contributed by atoms with van der Waals surface area (Å²) in [5.74, 6) is -2.95. The zero-order chi connectivity index (χ0) is 28.3. The van der Waals surface area contributed by atoms with Crippen LogP contribution in [0.15, 0.2) is 30.3 Å². The lowest BCUT2D eigenvalue weighted by molar-refractivity contribution is -0.137. The smallest absolute Gasteiger partial charge is 0.337 e. The van der Waals surface area contributed by atoms with E-state index in [-0.39, 0.29) is 54.1 Å². The number of esters is 1.